The fourth-order valence-corrected chi connectivity index (χ4v) is 10.8. The number of rotatable bonds is 4. The van der Waals surface area contributed by atoms with Crippen LogP contribution in [-0.4, -0.2) is 22.3 Å². The third kappa shape index (κ3) is 10.1. The van der Waals surface area contributed by atoms with Crippen LogP contribution >= 0.6 is 0 Å². The van der Waals surface area contributed by atoms with Gasteiger partial charge in [-0.05, 0) is 112 Å². The fourth-order valence-electron chi connectivity index (χ4n) is 10.8. The molecule has 1 aliphatic heterocycles. The molecule has 14 rings (SSSR count). The molecule has 0 saturated carbocycles. The number of hydrogen-bond donors (Lipinski definition) is 0. The summed E-state index contributed by atoms with van der Waals surface area (Å²) in [5, 5.41) is 24.1. The summed E-state index contributed by atoms with van der Waals surface area (Å²) in [6.07, 6.45) is 3.66. The van der Waals surface area contributed by atoms with Gasteiger partial charge in [0.05, 0.1) is 57.7 Å². The molecule has 0 atom stereocenters. The Morgan fingerprint density at radius 2 is 0.772 bits per heavy atom. The molecular formula is C69H47F2N6NaO. The molecule has 1 aliphatic carbocycles. The smallest absolute Gasteiger partial charge is 1.00 e. The van der Waals surface area contributed by atoms with Gasteiger partial charge in [-0.1, -0.05) is 170 Å². The maximum Gasteiger partial charge on any atom is 1.00 e. The molecule has 0 radical (unpaired) electrons. The Kier molecular flexibility index (Phi) is 16.0. The molecule has 0 bridgehead atoms. The first kappa shape index (κ1) is 53.0. The van der Waals surface area contributed by atoms with Crippen LogP contribution in [0.2, 0.25) is 0 Å². The standard InChI is InChI=1S/C38H22N4.C14H6F2N2.C13H10.C4H8O.Na.H/c1-40-38-30(17-11-23-37(38)42-34-20-8-4-14-28(34)29-15-5-9-21-35(29)42)25-16-10-22-36(31(25)24-39)41-32-18-6-2-12-26(32)27-13-3-7-19-33(27)41;1-18-14-10(5-3-7-13(14)16)9-4-2-6-12(15)11(9)8-17;1-3-7-12-10(5-1)9-11-6-2-4-8-13(11)12;1-2-4-5-3-1;;/h2-23H;2-7H;1-8H,9H2;1-4H2;;/q;;;;+1;-1. The zero-order valence-corrected chi connectivity index (χ0v) is 45.2. The summed E-state index contributed by atoms with van der Waals surface area (Å²) < 4.78 is 36.2. The molecule has 10 heteroatoms. The van der Waals surface area contributed by atoms with E-state index in [1.165, 1.54) is 59.4 Å². The van der Waals surface area contributed by atoms with E-state index in [1.54, 1.807) is 6.07 Å². The number of hydrogen-bond acceptors (Lipinski definition) is 3. The number of nitriles is 2. The van der Waals surface area contributed by atoms with Crippen LogP contribution in [0.25, 0.3) is 98.1 Å². The number of aromatic nitrogens is 2. The first-order chi connectivity index (χ1) is 38.4. The van der Waals surface area contributed by atoms with Gasteiger partial charge in [0, 0.05) is 34.8 Å². The van der Waals surface area contributed by atoms with Gasteiger partial charge in [0.25, 0.3) is 0 Å². The Balaban J connectivity index is 0.000000166. The second-order valence-electron chi connectivity index (χ2n) is 18.7. The number of para-hydroxylation sites is 6. The molecule has 7 nitrogen and oxygen atoms in total. The molecule has 0 N–H and O–H groups in total. The minimum absolute atomic E-state index is 0. The van der Waals surface area contributed by atoms with Gasteiger partial charge in [0.2, 0.25) is 11.4 Å². The van der Waals surface area contributed by atoms with Crippen LogP contribution in [0.4, 0.5) is 20.2 Å². The third-order valence-electron chi connectivity index (χ3n) is 14.3. The van der Waals surface area contributed by atoms with Crippen LogP contribution < -0.4 is 29.6 Å². The van der Waals surface area contributed by atoms with Crippen LogP contribution in [0.1, 0.15) is 36.5 Å². The summed E-state index contributed by atoms with van der Waals surface area (Å²) in [6, 6.07) is 74.7. The molecule has 0 spiro atoms. The number of fused-ring (bicyclic) bond motifs is 9. The predicted octanol–water partition coefficient (Wildman–Crippen LogP) is 15.2. The predicted molar refractivity (Wildman–Crippen MR) is 310 cm³/mol. The van der Waals surface area contributed by atoms with Crippen molar-refractivity contribution < 1.29 is 44.5 Å². The second kappa shape index (κ2) is 23.9. The van der Waals surface area contributed by atoms with Crippen LogP contribution in [0, 0.1) is 47.4 Å². The summed E-state index contributed by atoms with van der Waals surface area (Å²) in [6.45, 7) is 17.3. The van der Waals surface area contributed by atoms with Crippen molar-refractivity contribution in [3.8, 4) is 56.9 Å². The maximum atomic E-state index is 13.5. The van der Waals surface area contributed by atoms with Gasteiger partial charge >= 0.3 is 29.6 Å². The zero-order chi connectivity index (χ0) is 53.5. The van der Waals surface area contributed by atoms with E-state index in [0.717, 1.165) is 97.9 Å². The van der Waals surface area contributed by atoms with E-state index < -0.39 is 11.6 Å². The molecule has 1 saturated heterocycles. The minimum Gasteiger partial charge on any atom is -1.00 e. The fraction of sp³-hybridized carbons (Fsp3) is 0.0725. The molecule has 79 heavy (non-hydrogen) atoms. The largest absolute Gasteiger partial charge is 1.00 e. The molecule has 0 amide bonds. The molecular weight excluding hydrogens is 990 g/mol. The Bertz CT molecular complexity index is 4060. The molecule has 374 valence electrons. The quantitative estimate of drug-likeness (QED) is 0.130. The van der Waals surface area contributed by atoms with Gasteiger partial charge < -0.3 is 15.3 Å². The zero-order valence-electron chi connectivity index (χ0n) is 44.2. The number of ether oxygens (including phenoxy) is 1. The van der Waals surface area contributed by atoms with Crippen molar-refractivity contribution in [2.45, 2.75) is 19.3 Å². The Morgan fingerprint density at radius 3 is 1.23 bits per heavy atom. The van der Waals surface area contributed by atoms with Crippen molar-refractivity contribution in [2.75, 3.05) is 13.2 Å². The average Bonchev–Trinajstić information content (AvgIpc) is 4.34. The van der Waals surface area contributed by atoms with E-state index in [4.69, 9.17) is 23.1 Å². The first-order valence-electron chi connectivity index (χ1n) is 25.5. The third-order valence-corrected chi connectivity index (χ3v) is 14.3. The van der Waals surface area contributed by atoms with Gasteiger partial charge in [-0.15, -0.1) is 0 Å². The SMILES string of the molecule is C1CCOC1.[C-]#[N+]c1c(-c2cccc(-n3c4ccccc4c4ccccc43)c2C#N)cccc1-n1c2ccccc2c2ccccc21.[C-]#[N+]c1c(F)cccc1-c1cccc(F)c1C#N.[H-].[Na+].c1ccc2c(c1)Cc1ccccc1-2. The Labute approximate surface area is 480 Å². The van der Waals surface area contributed by atoms with Crippen LogP contribution in [0.3, 0.4) is 0 Å². The van der Waals surface area contributed by atoms with E-state index in [-0.39, 0.29) is 53.4 Å². The second-order valence-corrected chi connectivity index (χ2v) is 18.7. The van der Waals surface area contributed by atoms with Gasteiger partial charge in [-0.25, -0.2) is 18.5 Å². The summed E-state index contributed by atoms with van der Waals surface area (Å²) in [5.41, 5.74) is 14.1. The van der Waals surface area contributed by atoms with E-state index in [2.05, 4.69) is 122 Å². The number of halogens is 2. The van der Waals surface area contributed by atoms with Gasteiger partial charge in [0.15, 0.2) is 0 Å². The molecule has 3 heterocycles. The van der Waals surface area contributed by atoms with Crippen LogP contribution in [-0.2, 0) is 11.2 Å². The molecule has 0 unspecified atom stereocenters. The first-order valence-corrected chi connectivity index (χ1v) is 25.5. The van der Waals surface area contributed by atoms with Crippen molar-refractivity contribution in [1.29, 1.82) is 10.5 Å². The van der Waals surface area contributed by atoms with Crippen LogP contribution in [0.15, 0.2) is 218 Å². The molecule has 12 aromatic rings. The van der Waals surface area contributed by atoms with E-state index in [0.29, 0.717) is 11.3 Å². The van der Waals surface area contributed by atoms with E-state index in [9.17, 15) is 14.0 Å². The Hall–Kier alpha value is -9.42. The number of nitrogens with zero attached hydrogens (tertiary/aromatic N) is 6. The molecule has 2 aliphatic rings. The normalized spacial score (nSPS) is 11.7. The topological polar surface area (TPSA) is 75.4 Å². The van der Waals surface area contributed by atoms with Gasteiger partial charge in [-0.3, -0.25) is 0 Å². The van der Waals surface area contributed by atoms with E-state index in [1.807, 2.05) is 84.9 Å². The van der Waals surface area contributed by atoms with E-state index >= 15 is 0 Å². The summed E-state index contributed by atoms with van der Waals surface area (Å²) in [7, 11) is 0. The Morgan fingerprint density at radius 1 is 0.405 bits per heavy atom. The minimum atomic E-state index is -0.685. The van der Waals surface area contributed by atoms with Crippen molar-refractivity contribution >= 4 is 55.0 Å². The molecule has 1 fully saturated rings. The molecule has 10 aromatic carbocycles. The van der Waals surface area contributed by atoms with Crippen molar-refractivity contribution in [3.63, 3.8) is 0 Å². The van der Waals surface area contributed by atoms with Crippen LogP contribution in [0.5, 0.6) is 0 Å². The van der Waals surface area contributed by atoms with Gasteiger partial charge in [0.1, 0.15) is 23.8 Å². The average molecular weight is 1040 g/mol. The van der Waals surface area contributed by atoms with Crippen molar-refractivity contribution in [2.24, 2.45) is 0 Å². The van der Waals surface area contributed by atoms with Crippen molar-refractivity contribution in [3.05, 3.63) is 275 Å². The molecule has 2 aromatic heterocycles. The van der Waals surface area contributed by atoms with Crippen molar-refractivity contribution in [1.82, 2.24) is 9.13 Å². The maximum absolute atomic E-state index is 13.5. The number of benzene rings is 10. The summed E-state index contributed by atoms with van der Waals surface area (Å²) in [5.74, 6) is -1.37. The monoisotopic (exact) mass is 1040 g/mol. The summed E-state index contributed by atoms with van der Waals surface area (Å²) >= 11 is 0. The summed E-state index contributed by atoms with van der Waals surface area (Å²) in [4.78, 5) is 7.19. The van der Waals surface area contributed by atoms with Gasteiger partial charge in [-0.2, -0.15) is 10.5 Å².